The summed E-state index contributed by atoms with van der Waals surface area (Å²) in [6.45, 7) is 0.620. The molecule has 0 aliphatic carbocycles. The summed E-state index contributed by atoms with van der Waals surface area (Å²) >= 11 is 0. The highest BCUT2D eigenvalue weighted by molar-refractivity contribution is 5.71. The number of carbonyl (C=O) groups excluding carboxylic acids is 1. The van der Waals surface area contributed by atoms with Crippen molar-refractivity contribution in [3.63, 3.8) is 0 Å². The lowest BCUT2D eigenvalue weighted by Crippen LogP contribution is -2.22. The second kappa shape index (κ2) is 7.53. The first-order valence-corrected chi connectivity index (χ1v) is 9.73. The lowest BCUT2D eigenvalue weighted by Gasteiger charge is -2.17. The Hall–Kier alpha value is -3.84. The van der Waals surface area contributed by atoms with Gasteiger partial charge in [-0.05, 0) is 16.7 Å². The fourth-order valence-corrected chi connectivity index (χ4v) is 3.70. The lowest BCUT2D eigenvalue weighted by molar-refractivity contribution is -0.121. The molecular weight excluding hydrogens is 378 g/mol. The summed E-state index contributed by atoms with van der Waals surface area (Å²) in [5, 5.41) is 1.63. The van der Waals surface area contributed by atoms with E-state index in [9.17, 15) is 4.79 Å². The van der Waals surface area contributed by atoms with E-state index in [-0.39, 0.29) is 6.04 Å². The van der Waals surface area contributed by atoms with Crippen molar-refractivity contribution in [3.8, 4) is 22.4 Å². The highest BCUT2D eigenvalue weighted by atomic mass is 16.8. The molecule has 7 nitrogen and oxygen atoms in total. The number of hydroxylamine groups is 3. The van der Waals surface area contributed by atoms with Gasteiger partial charge in [-0.3, -0.25) is 4.79 Å². The van der Waals surface area contributed by atoms with E-state index >= 15 is 0 Å². The molecule has 2 aromatic carbocycles. The van der Waals surface area contributed by atoms with Gasteiger partial charge in [-0.15, -0.1) is 0 Å². The van der Waals surface area contributed by atoms with Crippen LogP contribution in [0.2, 0.25) is 0 Å². The van der Waals surface area contributed by atoms with Crippen LogP contribution in [0.25, 0.3) is 28.1 Å². The molecule has 150 valence electrons. The standard InChI is InChI=1S/C23H21N5O2/c1-27-14-21(26-30-27)19-10-6-17(7-11-19)16-4-8-18(9-5-16)20-13-24-23(25-20)22-3-2-12-28(22)15-29/h2-11,13-15,22,26H,12H2,1H3,(H,24,25). The average molecular weight is 399 g/mol. The highest BCUT2D eigenvalue weighted by Crippen LogP contribution is 2.28. The molecular formula is C23H21N5O2. The van der Waals surface area contributed by atoms with Gasteiger partial charge in [-0.25, -0.2) is 15.5 Å². The predicted molar refractivity (Wildman–Crippen MR) is 114 cm³/mol. The van der Waals surface area contributed by atoms with E-state index in [0.717, 1.165) is 45.9 Å². The Labute approximate surface area is 174 Å². The topological polar surface area (TPSA) is 73.5 Å². The molecule has 0 spiro atoms. The maximum absolute atomic E-state index is 11.2. The van der Waals surface area contributed by atoms with Gasteiger partial charge < -0.3 is 9.88 Å². The highest BCUT2D eigenvalue weighted by Gasteiger charge is 2.22. The van der Waals surface area contributed by atoms with Crippen molar-refractivity contribution >= 4 is 12.1 Å². The monoisotopic (exact) mass is 399 g/mol. The first kappa shape index (κ1) is 18.2. The van der Waals surface area contributed by atoms with Gasteiger partial charge in [0.25, 0.3) is 0 Å². The molecule has 1 amide bonds. The summed E-state index contributed by atoms with van der Waals surface area (Å²) in [5.74, 6) is 0.773. The van der Waals surface area contributed by atoms with Crippen molar-refractivity contribution in [1.29, 1.82) is 0 Å². The fraction of sp³-hybridized carbons (Fsp3) is 0.130. The number of amides is 1. The molecule has 3 aromatic rings. The molecule has 1 aromatic heterocycles. The lowest BCUT2D eigenvalue weighted by atomic mass is 10.0. The van der Waals surface area contributed by atoms with E-state index in [2.05, 4.69) is 64.0 Å². The molecule has 5 rings (SSSR count). The second-order valence-corrected chi connectivity index (χ2v) is 7.29. The molecule has 7 heteroatoms. The van der Waals surface area contributed by atoms with Gasteiger partial charge in [0.15, 0.2) is 0 Å². The maximum Gasteiger partial charge on any atom is 0.210 e. The Morgan fingerprint density at radius 1 is 1.03 bits per heavy atom. The van der Waals surface area contributed by atoms with Crippen molar-refractivity contribution < 1.29 is 9.73 Å². The van der Waals surface area contributed by atoms with E-state index in [1.54, 1.807) is 9.96 Å². The quantitative estimate of drug-likeness (QED) is 0.508. The Bertz CT molecular complexity index is 1120. The van der Waals surface area contributed by atoms with E-state index in [0.29, 0.717) is 6.54 Å². The number of imidazole rings is 1. The smallest absolute Gasteiger partial charge is 0.210 e. The Balaban J connectivity index is 1.33. The van der Waals surface area contributed by atoms with Crippen LogP contribution in [0.5, 0.6) is 0 Å². The molecule has 2 N–H and O–H groups in total. The Morgan fingerprint density at radius 2 is 1.70 bits per heavy atom. The van der Waals surface area contributed by atoms with Gasteiger partial charge in [0.05, 0.1) is 23.8 Å². The number of nitrogens with zero attached hydrogens (tertiary/aromatic N) is 3. The SMILES string of the molecule is CN1C=C(c2ccc(-c3ccc(-c4cnc(C5C=CCN5C=O)[nH]4)cc3)cc2)NO1. The molecule has 2 aliphatic heterocycles. The minimum absolute atomic E-state index is 0.122. The van der Waals surface area contributed by atoms with E-state index in [1.807, 2.05) is 31.6 Å². The van der Waals surface area contributed by atoms with Gasteiger partial charge in [0.1, 0.15) is 11.9 Å². The average Bonchev–Trinajstić information content (AvgIpc) is 3.54. The van der Waals surface area contributed by atoms with Crippen molar-refractivity contribution in [2.45, 2.75) is 6.04 Å². The number of carbonyl (C=O) groups is 1. The first-order valence-electron chi connectivity index (χ1n) is 9.73. The molecule has 30 heavy (non-hydrogen) atoms. The molecule has 0 fully saturated rings. The second-order valence-electron chi connectivity index (χ2n) is 7.29. The zero-order valence-corrected chi connectivity index (χ0v) is 16.4. The number of H-pyrrole nitrogens is 1. The summed E-state index contributed by atoms with van der Waals surface area (Å²) in [6.07, 6.45) is 8.54. The Morgan fingerprint density at radius 3 is 2.33 bits per heavy atom. The third-order valence-corrected chi connectivity index (χ3v) is 5.34. The molecule has 0 saturated heterocycles. The van der Waals surface area contributed by atoms with Crippen LogP contribution in [0.1, 0.15) is 17.4 Å². The van der Waals surface area contributed by atoms with Crippen molar-refractivity contribution in [2.24, 2.45) is 0 Å². The molecule has 0 radical (unpaired) electrons. The van der Waals surface area contributed by atoms with Gasteiger partial charge in [-0.1, -0.05) is 60.7 Å². The maximum atomic E-state index is 11.2. The van der Waals surface area contributed by atoms with Crippen molar-refractivity contribution in [2.75, 3.05) is 13.6 Å². The number of aromatic nitrogens is 2. The number of hydrogen-bond acceptors (Lipinski definition) is 5. The van der Waals surface area contributed by atoms with E-state index in [4.69, 9.17) is 4.94 Å². The fourth-order valence-electron chi connectivity index (χ4n) is 3.70. The van der Waals surface area contributed by atoms with Crippen LogP contribution in [0, 0.1) is 0 Å². The minimum Gasteiger partial charge on any atom is -0.340 e. The number of nitrogens with one attached hydrogen (secondary N) is 2. The van der Waals surface area contributed by atoms with Crippen LogP contribution in [-0.4, -0.2) is 39.9 Å². The zero-order valence-electron chi connectivity index (χ0n) is 16.4. The normalized spacial score (nSPS) is 17.9. The Kier molecular flexibility index (Phi) is 4.57. The van der Waals surface area contributed by atoms with Crippen LogP contribution >= 0.6 is 0 Å². The molecule has 2 aliphatic rings. The molecule has 3 heterocycles. The summed E-state index contributed by atoms with van der Waals surface area (Å²) in [6, 6.07) is 16.6. The third kappa shape index (κ3) is 3.35. The van der Waals surface area contributed by atoms with E-state index < -0.39 is 0 Å². The van der Waals surface area contributed by atoms with Gasteiger partial charge in [0, 0.05) is 19.2 Å². The van der Waals surface area contributed by atoms with Gasteiger partial charge in [-0.2, -0.15) is 4.94 Å². The van der Waals surface area contributed by atoms with Gasteiger partial charge in [0.2, 0.25) is 6.41 Å². The van der Waals surface area contributed by atoms with Crippen molar-refractivity contribution in [3.05, 3.63) is 84.5 Å². The third-order valence-electron chi connectivity index (χ3n) is 5.34. The zero-order chi connectivity index (χ0) is 20.5. The summed E-state index contributed by atoms with van der Waals surface area (Å²) in [7, 11) is 1.83. The summed E-state index contributed by atoms with van der Waals surface area (Å²) in [4.78, 5) is 25.9. The van der Waals surface area contributed by atoms with Crippen LogP contribution in [0.15, 0.2) is 73.1 Å². The summed E-state index contributed by atoms with van der Waals surface area (Å²) in [5.41, 5.74) is 9.14. The van der Waals surface area contributed by atoms with Crippen LogP contribution in [0.3, 0.4) is 0 Å². The molecule has 1 atom stereocenters. The minimum atomic E-state index is -0.122. The van der Waals surface area contributed by atoms with E-state index in [1.165, 1.54) is 0 Å². The molecule has 0 bridgehead atoms. The molecule has 1 unspecified atom stereocenters. The summed E-state index contributed by atoms with van der Waals surface area (Å²) < 4.78 is 0. The predicted octanol–water partition coefficient (Wildman–Crippen LogP) is 3.49. The molecule has 0 saturated carbocycles. The van der Waals surface area contributed by atoms with Crippen LogP contribution < -0.4 is 5.48 Å². The number of benzene rings is 2. The van der Waals surface area contributed by atoms with Crippen molar-refractivity contribution in [1.82, 2.24) is 25.4 Å². The number of aromatic amines is 1. The number of hydrogen-bond donors (Lipinski definition) is 2. The number of rotatable bonds is 5. The largest absolute Gasteiger partial charge is 0.340 e. The van der Waals surface area contributed by atoms with Crippen LogP contribution in [0.4, 0.5) is 0 Å². The van der Waals surface area contributed by atoms with Gasteiger partial charge >= 0.3 is 0 Å². The van der Waals surface area contributed by atoms with Crippen LogP contribution in [-0.2, 0) is 9.73 Å². The first-order chi connectivity index (χ1) is 14.7.